The molecule has 1 aromatic rings. The summed E-state index contributed by atoms with van der Waals surface area (Å²) in [7, 11) is 0. The number of carboxylic acid groups (broad SMARTS) is 2. The molecule has 160 valence electrons. The molecule has 29 heavy (non-hydrogen) atoms. The lowest BCUT2D eigenvalue weighted by Gasteiger charge is -2.23. The molecule has 9 nitrogen and oxygen atoms in total. The fraction of sp³-hybridized carbons (Fsp3) is 0.474. The van der Waals surface area contributed by atoms with E-state index in [-0.39, 0.29) is 25.7 Å². The number of carbonyl (C=O) groups excluding carboxylic acids is 2. The topological polar surface area (TPSA) is 159 Å². The predicted octanol–water partition coefficient (Wildman–Crippen LogP) is 0.229. The lowest BCUT2D eigenvalue weighted by Crippen LogP contribution is -2.55. The zero-order valence-corrected chi connectivity index (χ0v) is 17.0. The van der Waals surface area contributed by atoms with E-state index in [1.807, 2.05) is 12.3 Å². The molecule has 0 aliphatic carbocycles. The Balaban J connectivity index is 2.88. The fourth-order valence-corrected chi connectivity index (χ4v) is 2.98. The van der Waals surface area contributed by atoms with E-state index in [0.29, 0.717) is 5.75 Å². The predicted molar refractivity (Wildman–Crippen MR) is 109 cm³/mol. The van der Waals surface area contributed by atoms with Gasteiger partial charge in [0.05, 0.1) is 6.04 Å². The van der Waals surface area contributed by atoms with Crippen LogP contribution in [0.2, 0.25) is 0 Å². The monoisotopic (exact) mass is 425 g/mol. The number of amides is 2. The molecule has 3 unspecified atom stereocenters. The van der Waals surface area contributed by atoms with Gasteiger partial charge < -0.3 is 26.6 Å². The van der Waals surface area contributed by atoms with Gasteiger partial charge in [-0.3, -0.25) is 14.4 Å². The van der Waals surface area contributed by atoms with Crippen LogP contribution in [0.15, 0.2) is 30.3 Å². The first-order valence-corrected chi connectivity index (χ1v) is 10.5. The summed E-state index contributed by atoms with van der Waals surface area (Å²) in [4.78, 5) is 47.1. The average molecular weight is 426 g/mol. The third kappa shape index (κ3) is 9.44. The average Bonchev–Trinajstić information content (AvgIpc) is 2.68. The summed E-state index contributed by atoms with van der Waals surface area (Å²) in [5, 5.41) is 23.0. The first kappa shape index (κ1) is 24.4. The van der Waals surface area contributed by atoms with Crippen molar-refractivity contribution in [3.05, 3.63) is 35.9 Å². The number of hydrogen-bond acceptors (Lipinski definition) is 6. The Morgan fingerprint density at radius 2 is 1.62 bits per heavy atom. The third-order valence-corrected chi connectivity index (χ3v) is 4.79. The number of benzene rings is 1. The molecule has 1 rings (SSSR count). The smallest absolute Gasteiger partial charge is 0.326 e. The standard InChI is InChI=1S/C19H27N3O6S/c1-29-10-9-14(19(27)28)21-18(26)15(11-12-5-3-2-4-6-12)22-17(25)13(20)7-8-16(23)24/h2-6,13-15H,7-11,20H2,1H3,(H,21,26)(H,22,25)(H,23,24)(H,27,28). The van der Waals surface area contributed by atoms with E-state index in [2.05, 4.69) is 10.6 Å². The third-order valence-electron chi connectivity index (χ3n) is 4.15. The highest BCUT2D eigenvalue weighted by Crippen LogP contribution is 2.07. The van der Waals surface area contributed by atoms with E-state index < -0.39 is 41.9 Å². The number of nitrogens with two attached hydrogens (primary N) is 1. The molecule has 0 aliphatic heterocycles. The molecule has 0 radical (unpaired) electrons. The molecule has 6 N–H and O–H groups in total. The van der Waals surface area contributed by atoms with Gasteiger partial charge in [0.1, 0.15) is 12.1 Å². The van der Waals surface area contributed by atoms with Crippen LogP contribution in [0.3, 0.4) is 0 Å². The second-order valence-corrected chi connectivity index (χ2v) is 7.46. The van der Waals surface area contributed by atoms with Gasteiger partial charge in [0.15, 0.2) is 0 Å². The fourth-order valence-electron chi connectivity index (χ4n) is 2.51. The quantitative estimate of drug-likeness (QED) is 0.300. The Labute approximate surface area is 173 Å². The highest BCUT2D eigenvalue weighted by atomic mass is 32.2. The molecule has 0 aliphatic rings. The summed E-state index contributed by atoms with van der Waals surface area (Å²) in [5.74, 6) is -2.99. The van der Waals surface area contributed by atoms with Crippen LogP contribution in [0, 0.1) is 0 Å². The molecular formula is C19H27N3O6S. The van der Waals surface area contributed by atoms with Gasteiger partial charge in [-0.25, -0.2) is 4.79 Å². The second-order valence-electron chi connectivity index (χ2n) is 6.47. The highest BCUT2D eigenvalue weighted by molar-refractivity contribution is 7.98. The molecule has 0 spiro atoms. The van der Waals surface area contributed by atoms with Gasteiger partial charge in [-0.15, -0.1) is 0 Å². The molecule has 2 amide bonds. The Bertz CT molecular complexity index is 700. The van der Waals surface area contributed by atoms with Gasteiger partial charge >= 0.3 is 11.9 Å². The van der Waals surface area contributed by atoms with Crippen LogP contribution in [0.4, 0.5) is 0 Å². The number of rotatable bonds is 13. The van der Waals surface area contributed by atoms with Crippen molar-refractivity contribution in [2.24, 2.45) is 5.73 Å². The van der Waals surface area contributed by atoms with Crippen molar-refractivity contribution in [2.75, 3.05) is 12.0 Å². The molecule has 0 aromatic heterocycles. The van der Waals surface area contributed by atoms with E-state index in [9.17, 15) is 24.3 Å². The van der Waals surface area contributed by atoms with Crippen molar-refractivity contribution in [3.8, 4) is 0 Å². The number of nitrogens with one attached hydrogen (secondary N) is 2. The summed E-state index contributed by atoms with van der Waals surface area (Å²) in [5.41, 5.74) is 6.49. The van der Waals surface area contributed by atoms with E-state index in [0.717, 1.165) is 5.56 Å². The summed E-state index contributed by atoms with van der Waals surface area (Å²) >= 11 is 1.46. The highest BCUT2D eigenvalue weighted by Gasteiger charge is 2.28. The Hall–Kier alpha value is -2.59. The van der Waals surface area contributed by atoms with Crippen molar-refractivity contribution < 1.29 is 29.4 Å². The van der Waals surface area contributed by atoms with Crippen molar-refractivity contribution >= 4 is 35.5 Å². The van der Waals surface area contributed by atoms with Crippen LogP contribution in [-0.4, -0.2) is 64.1 Å². The maximum atomic E-state index is 12.7. The molecule has 0 fully saturated rings. The Kier molecular flexibility index (Phi) is 10.8. The molecular weight excluding hydrogens is 398 g/mol. The van der Waals surface area contributed by atoms with Crippen molar-refractivity contribution in [3.63, 3.8) is 0 Å². The number of carboxylic acids is 2. The maximum Gasteiger partial charge on any atom is 0.326 e. The molecule has 3 atom stereocenters. The van der Waals surface area contributed by atoms with Gasteiger partial charge in [0.2, 0.25) is 11.8 Å². The second kappa shape index (κ2) is 12.8. The van der Waals surface area contributed by atoms with Gasteiger partial charge in [-0.1, -0.05) is 30.3 Å². The van der Waals surface area contributed by atoms with E-state index in [4.69, 9.17) is 10.8 Å². The van der Waals surface area contributed by atoms with Crippen molar-refractivity contribution in [2.45, 2.75) is 43.8 Å². The van der Waals surface area contributed by atoms with E-state index >= 15 is 0 Å². The molecule has 0 saturated carbocycles. The van der Waals surface area contributed by atoms with Crippen molar-refractivity contribution in [1.82, 2.24) is 10.6 Å². The van der Waals surface area contributed by atoms with E-state index in [1.54, 1.807) is 24.3 Å². The first-order valence-electron chi connectivity index (χ1n) is 9.08. The molecule has 0 bridgehead atoms. The molecule has 10 heteroatoms. The van der Waals surface area contributed by atoms with Crippen LogP contribution >= 0.6 is 11.8 Å². The number of thioether (sulfide) groups is 1. The SMILES string of the molecule is CSCCC(NC(=O)C(Cc1ccccc1)NC(=O)C(N)CCC(=O)O)C(=O)O. The van der Waals surface area contributed by atoms with Gasteiger partial charge in [-0.05, 0) is 30.4 Å². The van der Waals surface area contributed by atoms with Crippen LogP contribution in [-0.2, 0) is 25.6 Å². The molecule has 1 aromatic carbocycles. The Morgan fingerprint density at radius 3 is 2.17 bits per heavy atom. The lowest BCUT2D eigenvalue weighted by molar-refractivity contribution is -0.142. The van der Waals surface area contributed by atoms with Gasteiger partial charge in [-0.2, -0.15) is 11.8 Å². The van der Waals surface area contributed by atoms with Crippen LogP contribution in [0.1, 0.15) is 24.8 Å². The number of carbonyl (C=O) groups is 4. The van der Waals surface area contributed by atoms with E-state index in [1.165, 1.54) is 11.8 Å². The minimum Gasteiger partial charge on any atom is -0.481 e. The van der Waals surface area contributed by atoms with Crippen LogP contribution < -0.4 is 16.4 Å². The summed E-state index contributed by atoms with van der Waals surface area (Å²) in [6.45, 7) is 0. The lowest BCUT2D eigenvalue weighted by atomic mass is 10.0. The van der Waals surface area contributed by atoms with Crippen molar-refractivity contribution in [1.29, 1.82) is 0 Å². The molecule has 0 saturated heterocycles. The normalized spacial score (nSPS) is 13.7. The van der Waals surface area contributed by atoms with Crippen LogP contribution in [0.5, 0.6) is 0 Å². The maximum absolute atomic E-state index is 12.7. The van der Waals surface area contributed by atoms with Crippen LogP contribution in [0.25, 0.3) is 0 Å². The summed E-state index contributed by atoms with van der Waals surface area (Å²) in [6, 6.07) is 5.71. The van der Waals surface area contributed by atoms with Gasteiger partial charge in [0.25, 0.3) is 0 Å². The summed E-state index contributed by atoms with van der Waals surface area (Å²) in [6.07, 6.45) is 1.86. The Morgan fingerprint density at radius 1 is 1.00 bits per heavy atom. The summed E-state index contributed by atoms with van der Waals surface area (Å²) < 4.78 is 0. The van der Waals surface area contributed by atoms with Gasteiger partial charge in [0, 0.05) is 12.8 Å². The molecule has 0 heterocycles. The minimum absolute atomic E-state index is 0.0771. The number of hydrogen-bond donors (Lipinski definition) is 5. The zero-order valence-electron chi connectivity index (χ0n) is 16.2. The zero-order chi connectivity index (χ0) is 21.8. The first-order chi connectivity index (χ1) is 13.7. The largest absolute Gasteiger partial charge is 0.481 e. The minimum atomic E-state index is -1.16. The number of aliphatic carboxylic acids is 2.